The molecule has 1 aliphatic rings. The lowest BCUT2D eigenvalue weighted by atomic mass is 9.90. The minimum atomic E-state index is -0.181. The highest BCUT2D eigenvalue weighted by Gasteiger charge is 2.28. The monoisotopic (exact) mass is 549 g/mol. The van der Waals surface area contributed by atoms with Crippen LogP contribution in [0.15, 0.2) is 60.8 Å². The molecule has 4 aromatic rings. The molecule has 0 radical (unpaired) electrons. The Morgan fingerprint density at radius 1 is 1.00 bits per heavy atom. The quantitative estimate of drug-likeness (QED) is 0.278. The van der Waals surface area contributed by atoms with Crippen LogP contribution in [-0.2, 0) is 4.79 Å². The fourth-order valence-corrected chi connectivity index (χ4v) is 5.16. The molecule has 2 aromatic carbocycles. The van der Waals surface area contributed by atoms with E-state index in [0.717, 1.165) is 53.8 Å². The van der Waals surface area contributed by atoms with Crippen molar-refractivity contribution >= 4 is 35.2 Å². The van der Waals surface area contributed by atoms with Gasteiger partial charge in [-0.1, -0.05) is 32.0 Å². The molecule has 4 N–H and O–H groups in total. The van der Waals surface area contributed by atoms with Crippen LogP contribution in [-0.4, -0.2) is 44.8 Å². The van der Waals surface area contributed by atoms with E-state index in [0.29, 0.717) is 11.6 Å². The zero-order valence-electron chi connectivity index (χ0n) is 22.5. The molecule has 1 fully saturated rings. The molecule has 1 saturated carbocycles. The molecular weight excluding hydrogens is 514 g/mol. The predicted octanol–water partition coefficient (Wildman–Crippen LogP) is 5.13. The SMILES string of the molecule is CN[C@H](C(=O)NC1CCC(n2ncc3c(N)nc(-c4ccc(Oc5ccccc5)cc4)nc32)CC1)C(C)C.Cl. The number of aromatic nitrogens is 4. The molecule has 9 nitrogen and oxygen atoms in total. The van der Waals surface area contributed by atoms with Crippen LogP contribution in [0.1, 0.15) is 45.6 Å². The van der Waals surface area contributed by atoms with E-state index in [9.17, 15) is 4.79 Å². The van der Waals surface area contributed by atoms with Gasteiger partial charge in [-0.2, -0.15) is 5.10 Å². The summed E-state index contributed by atoms with van der Waals surface area (Å²) in [7, 11) is 1.83. The largest absolute Gasteiger partial charge is 0.457 e. The van der Waals surface area contributed by atoms with Crippen molar-refractivity contribution in [2.24, 2.45) is 5.92 Å². The van der Waals surface area contributed by atoms with Crippen molar-refractivity contribution in [3.05, 3.63) is 60.8 Å². The van der Waals surface area contributed by atoms with Gasteiger partial charge in [0.2, 0.25) is 5.91 Å². The van der Waals surface area contributed by atoms with Crippen LogP contribution in [0.5, 0.6) is 11.5 Å². The lowest BCUT2D eigenvalue weighted by molar-refractivity contribution is -0.125. The number of carbonyl (C=O) groups is 1. The van der Waals surface area contributed by atoms with Gasteiger partial charge in [0.05, 0.1) is 23.7 Å². The number of para-hydroxylation sites is 1. The lowest BCUT2D eigenvalue weighted by Crippen LogP contribution is -2.50. The van der Waals surface area contributed by atoms with E-state index in [2.05, 4.69) is 34.6 Å². The van der Waals surface area contributed by atoms with Crippen LogP contribution < -0.4 is 21.1 Å². The topological polar surface area (TPSA) is 120 Å². The predicted molar refractivity (Wildman–Crippen MR) is 156 cm³/mol. The highest BCUT2D eigenvalue weighted by atomic mass is 35.5. The minimum absolute atomic E-state index is 0. The van der Waals surface area contributed by atoms with Crippen molar-refractivity contribution in [2.75, 3.05) is 12.8 Å². The van der Waals surface area contributed by atoms with Crippen LogP contribution in [0.3, 0.4) is 0 Å². The Balaban J connectivity index is 0.00000353. The van der Waals surface area contributed by atoms with Gasteiger partial charge in [-0.3, -0.25) is 4.79 Å². The summed E-state index contributed by atoms with van der Waals surface area (Å²) in [4.78, 5) is 22.1. The average Bonchev–Trinajstić information content (AvgIpc) is 3.35. The number of hydrogen-bond donors (Lipinski definition) is 3. The normalized spacial score (nSPS) is 17.9. The molecule has 10 heteroatoms. The Bertz CT molecular complexity index is 1380. The summed E-state index contributed by atoms with van der Waals surface area (Å²) in [5.41, 5.74) is 7.91. The number of carbonyl (C=O) groups excluding carboxylic acids is 1. The zero-order valence-corrected chi connectivity index (χ0v) is 23.3. The van der Waals surface area contributed by atoms with Gasteiger partial charge in [0.25, 0.3) is 0 Å². The molecule has 0 saturated heterocycles. The third kappa shape index (κ3) is 6.32. The van der Waals surface area contributed by atoms with Crippen LogP contribution in [0.25, 0.3) is 22.4 Å². The summed E-state index contributed by atoms with van der Waals surface area (Å²) < 4.78 is 7.88. The van der Waals surface area contributed by atoms with E-state index in [-0.39, 0.29) is 42.4 Å². The first-order valence-electron chi connectivity index (χ1n) is 13.2. The van der Waals surface area contributed by atoms with Gasteiger partial charge in [0.1, 0.15) is 17.3 Å². The molecule has 0 unspecified atom stereocenters. The molecule has 2 heterocycles. The van der Waals surface area contributed by atoms with E-state index in [1.54, 1.807) is 6.20 Å². The van der Waals surface area contributed by atoms with Gasteiger partial charge in [-0.25, -0.2) is 14.6 Å². The first-order valence-corrected chi connectivity index (χ1v) is 13.2. The van der Waals surface area contributed by atoms with Gasteiger partial charge in [0, 0.05) is 11.6 Å². The van der Waals surface area contributed by atoms with Gasteiger partial charge < -0.3 is 21.1 Å². The molecule has 1 atom stereocenters. The number of rotatable bonds is 8. The highest BCUT2D eigenvalue weighted by Crippen LogP contribution is 2.33. The number of nitrogens with one attached hydrogen (secondary N) is 2. The summed E-state index contributed by atoms with van der Waals surface area (Å²) in [5, 5.41) is 11.7. The maximum atomic E-state index is 12.7. The van der Waals surface area contributed by atoms with Crippen molar-refractivity contribution in [3.63, 3.8) is 0 Å². The van der Waals surface area contributed by atoms with Gasteiger partial charge in [-0.05, 0) is 75.0 Å². The molecule has 1 amide bonds. The van der Waals surface area contributed by atoms with Gasteiger partial charge in [0.15, 0.2) is 11.5 Å². The van der Waals surface area contributed by atoms with Gasteiger partial charge >= 0.3 is 0 Å². The van der Waals surface area contributed by atoms with Crippen LogP contribution in [0, 0.1) is 5.92 Å². The molecule has 0 bridgehead atoms. The van der Waals surface area contributed by atoms with Crippen molar-refractivity contribution in [3.8, 4) is 22.9 Å². The number of benzene rings is 2. The number of amides is 1. The average molecular weight is 550 g/mol. The fourth-order valence-electron chi connectivity index (χ4n) is 5.16. The molecule has 2 aromatic heterocycles. The first-order chi connectivity index (χ1) is 18.4. The molecule has 0 aliphatic heterocycles. The minimum Gasteiger partial charge on any atom is -0.457 e. The zero-order chi connectivity index (χ0) is 26.6. The van der Waals surface area contributed by atoms with Crippen molar-refractivity contribution < 1.29 is 9.53 Å². The van der Waals surface area contributed by atoms with Crippen molar-refractivity contribution in [1.29, 1.82) is 0 Å². The van der Waals surface area contributed by atoms with E-state index < -0.39 is 0 Å². The number of halogens is 1. The van der Waals surface area contributed by atoms with E-state index in [1.165, 1.54) is 0 Å². The number of nitrogens with two attached hydrogens (primary N) is 1. The summed E-state index contributed by atoms with van der Waals surface area (Å²) >= 11 is 0. The smallest absolute Gasteiger partial charge is 0.237 e. The number of anilines is 1. The third-order valence-corrected chi connectivity index (χ3v) is 7.22. The van der Waals surface area contributed by atoms with Crippen molar-refractivity contribution in [1.82, 2.24) is 30.4 Å². The molecule has 5 rings (SSSR count). The molecule has 0 spiro atoms. The Hall–Kier alpha value is -3.69. The molecular formula is C29H36ClN7O2. The maximum Gasteiger partial charge on any atom is 0.237 e. The van der Waals surface area contributed by atoms with Crippen LogP contribution in [0.2, 0.25) is 0 Å². The lowest BCUT2D eigenvalue weighted by Gasteiger charge is -2.31. The Labute approximate surface area is 235 Å². The van der Waals surface area contributed by atoms with Crippen molar-refractivity contribution in [2.45, 2.75) is 57.7 Å². The third-order valence-electron chi connectivity index (χ3n) is 7.22. The van der Waals surface area contributed by atoms with Crippen LogP contribution >= 0.6 is 12.4 Å². The molecule has 39 heavy (non-hydrogen) atoms. The standard InChI is InChI=1S/C29H35N7O2.ClH/c1-18(2)25(31-3)29(37)33-20-11-13-21(14-12-20)36-28-24(17-32-36)26(30)34-27(35-28)19-9-15-23(16-10-19)38-22-7-5-4-6-8-22;/h4-10,15-18,20-21,25,31H,11-14H2,1-3H3,(H,33,37)(H2,30,34,35);1H/t20?,21?,25-;/m0./s1. The second-order valence-electron chi connectivity index (χ2n) is 10.2. The van der Waals surface area contributed by atoms with Gasteiger partial charge in [-0.15, -0.1) is 12.4 Å². The van der Waals surface area contributed by atoms with E-state index >= 15 is 0 Å². The number of nitrogens with zero attached hydrogens (tertiary/aromatic N) is 4. The number of nitrogen functional groups attached to an aromatic ring is 1. The summed E-state index contributed by atoms with van der Waals surface area (Å²) in [6.45, 7) is 4.10. The highest BCUT2D eigenvalue weighted by molar-refractivity contribution is 5.87. The second-order valence-corrected chi connectivity index (χ2v) is 10.2. The number of likely N-dealkylation sites (N-methyl/N-ethyl adjacent to an activating group) is 1. The van der Waals surface area contributed by atoms with E-state index in [4.69, 9.17) is 15.5 Å². The summed E-state index contributed by atoms with van der Waals surface area (Å²) in [5.74, 6) is 2.78. The Morgan fingerprint density at radius 2 is 1.67 bits per heavy atom. The maximum absolute atomic E-state index is 12.7. The Kier molecular flexibility index (Phi) is 9.04. The number of fused-ring (bicyclic) bond motifs is 1. The summed E-state index contributed by atoms with van der Waals surface area (Å²) in [6, 6.07) is 17.5. The number of ether oxygens (including phenoxy) is 1. The first kappa shape index (κ1) is 28.3. The molecule has 1 aliphatic carbocycles. The number of hydrogen-bond acceptors (Lipinski definition) is 7. The summed E-state index contributed by atoms with van der Waals surface area (Å²) in [6.07, 6.45) is 5.33. The molecule has 206 valence electrons. The second kappa shape index (κ2) is 12.4. The van der Waals surface area contributed by atoms with E-state index in [1.807, 2.05) is 66.3 Å². The Morgan fingerprint density at radius 3 is 2.31 bits per heavy atom. The van der Waals surface area contributed by atoms with Crippen LogP contribution in [0.4, 0.5) is 5.82 Å². The fraction of sp³-hybridized carbons (Fsp3) is 0.379.